The quantitative estimate of drug-likeness (QED) is 0.667. The smallest absolute Gasteiger partial charge is 0.245 e. The molecule has 0 spiro atoms. The van der Waals surface area contributed by atoms with E-state index in [-0.39, 0.29) is 4.90 Å². The number of sulfonamides is 1. The van der Waals surface area contributed by atoms with Gasteiger partial charge in [0.25, 0.3) is 0 Å². The normalized spacial score (nSPS) is 15.9. The number of nitrogens with zero attached hydrogens (tertiary/aromatic N) is 6. The topological polar surface area (TPSA) is 104 Å². The monoisotopic (exact) mass is 419 g/mol. The molecule has 0 aliphatic carbocycles. The Labute approximate surface area is 167 Å². The molecule has 0 amide bonds. The largest absolute Gasteiger partial charge is 0.370 e. The van der Waals surface area contributed by atoms with Crippen LogP contribution in [0.1, 0.15) is 12.7 Å². The van der Waals surface area contributed by atoms with Crippen LogP contribution in [0.3, 0.4) is 0 Å². The van der Waals surface area contributed by atoms with Crippen molar-refractivity contribution in [1.29, 1.82) is 0 Å². The van der Waals surface area contributed by atoms with Crippen LogP contribution in [0, 0.1) is 6.92 Å². The van der Waals surface area contributed by atoms with Crippen LogP contribution in [-0.2, 0) is 10.0 Å². The Balaban J connectivity index is 1.53. The van der Waals surface area contributed by atoms with Gasteiger partial charge in [-0.15, -0.1) is 0 Å². The standard InChI is InChI=1S/C17H21N7O2S2/c1-3-18-15-11-16(20-12(2)19-15)23-7-9-24(10-8-23)28(25,26)14-6-4-5-13-17(14)22-27-21-13/h4-6,11H,3,7-10H2,1-2H3,(H,18,19,20). The third-order valence-corrected chi connectivity index (χ3v) is 7.08. The van der Waals surface area contributed by atoms with Crippen LogP contribution < -0.4 is 10.2 Å². The molecule has 148 valence electrons. The Hall–Kier alpha value is -2.37. The zero-order valence-electron chi connectivity index (χ0n) is 15.7. The van der Waals surface area contributed by atoms with E-state index in [1.807, 2.05) is 19.9 Å². The molecular weight excluding hydrogens is 398 g/mol. The second kappa shape index (κ2) is 7.57. The number of rotatable bonds is 5. The lowest BCUT2D eigenvalue weighted by molar-refractivity contribution is 0.384. The maximum atomic E-state index is 13.1. The molecule has 1 fully saturated rings. The van der Waals surface area contributed by atoms with Gasteiger partial charge in [0.05, 0.1) is 11.7 Å². The van der Waals surface area contributed by atoms with E-state index in [1.54, 1.807) is 18.2 Å². The lowest BCUT2D eigenvalue weighted by Gasteiger charge is -2.34. The summed E-state index contributed by atoms with van der Waals surface area (Å²) in [5.74, 6) is 2.28. The molecule has 0 saturated carbocycles. The second-order valence-corrected chi connectivity index (χ2v) is 8.90. The first kappa shape index (κ1) is 19.0. The minimum Gasteiger partial charge on any atom is -0.370 e. The molecule has 28 heavy (non-hydrogen) atoms. The first-order valence-corrected chi connectivity index (χ1v) is 11.2. The molecule has 1 aromatic carbocycles. The molecule has 0 bridgehead atoms. The Bertz CT molecular complexity index is 1090. The number of hydrogen-bond donors (Lipinski definition) is 1. The molecule has 2 aromatic heterocycles. The van der Waals surface area contributed by atoms with Crippen molar-refractivity contribution < 1.29 is 8.42 Å². The van der Waals surface area contributed by atoms with Crippen LogP contribution >= 0.6 is 11.7 Å². The van der Waals surface area contributed by atoms with Gasteiger partial charge in [0.1, 0.15) is 33.4 Å². The van der Waals surface area contributed by atoms with Gasteiger partial charge in [-0.05, 0) is 26.0 Å². The highest BCUT2D eigenvalue weighted by Gasteiger charge is 2.31. The summed E-state index contributed by atoms with van der Waals surface area (Å²) in [5.41, 5.74) is 1.05. The average molecular weight is 420 g/mol. The van der Waals surface area contributed by atoms with Gasteiger partial charge in [-0.2, -0.15) is 13.1 Å². The highest BCUT2D eigenvalue weighted by atomic mass is 32.2. The van der Waals surface area contributed by atoms with Gasteiger partial charge < -0.3 is 10.2 Å². The third-order valence-electron chi connectivity index (χ3n) is 4.61. The fourth-order valence-electron chi connectivity index (χ4n) is 3.27. The number of hydrogen-bond acceptors (Lipinski definition) is 9. The fourth-order valence-corrected chi connectivity index (χ4v) is 5.45. The van der Waals surface area contributed by atoms with Crippen LogP contribution in [0.2, 0.25) is 0 Å². The molecule has 1 aliphatic heterocycles. The minimum absolute atomic E-state index is 0.222. The Morgan fingerprint density at radius 3 is 2.68 bits per heavy atom. The minimum atomic E-state index is -3.62. The number of anilines is 2. The van der Waals surface area contributed by atoms with Crippen LogP contribution in [0.25, 0.3) is 11.0 Å². The van der Waals surface area contributed by atoms with E-state index < -0.39 is 10.0 Å². The first-order chi connectivity index (χ1) is 13.5. The van der Waals surface area contributed by atoms with E-state index >= 15 is 0 Å². The van der Waals surface area contributed by atoms with Crippen molar-refractivity contribution >= 4 is 44.4 Å². The second-order valence-electron chi connectivity index (χ2n) is 6.47. The number of piperazine rings is 1. The van der Waals surface area contributed by atoms with E-state index in [2.05, 4.69) is 28.9 Å². The molecule has 3 heterocycles. The molecule has 9 nitrogen and oxygen atoms in total. The highest BCUT2D eigenvalue weighted by molar-refractivity contribution is 7.89. The Kier molecular flexibility index (Phi) is 5.13. The van der Waals surface area contributed by atoms with Crippen molar-refractivity contribution in [1.82, 2.24) is 23.0 Å². The average Bonchev–Trinajstić information content (AvgIpc) is 3.16. The van der Waals surface area contributed by atoms with E-state index in [0.29, 0.717) is 43.0 Å². The maximum Gasteiger partial charge on any atom is 0.245 e. The van der Waals surface area contributed by atoms with Crippen molar-refractivity contribution in [2.24, 2.45) is 0 Å². The molecule has 4 rings (SSSR count). The van der Waals surface area contributed by atoms with Crippen LogP contribution in [-0.4, -0.2) is 64.2 Å². The summed E-state index contributed by atoms with van der Waals surface area (Å²) in [5, 5.41) is 3.20. The molecule has 0 atom stereocenters. The Morgan fingerprint density at radius 1 is 1.14 bits per heavy atom. The van der Waals surface area contributed by atoms with Crippen LogP contribution in [0.4, 0.5) is 11.6 Å². The van der Waals surface area contributed by atoms with Gasteiger partial charge >= 0.3 is 0 Å². The molecule has 3 aromatic rings. The summed E-state index contributed by atoms with van der Waals surface area (Å²) in [4.78, 5) is 11.2. The van der Waals surface area contributed by atoms with Crippen molar-refractivity contribution in [2.45, 2.75) is 18.7 Å². The van der Waals surface area contributed by atoms with Gasteiger partial charge in [-0.1, -0.05) is 6.07 Å². The highest BCUT2D eigenvalue weighted by Crippen LogP contribution is 2.26. The first-order valence-electron chi connectivity index (χ1n) is 9.05. The molecule has 0 unspecified atom stereocenters. The van der Waals surface area contributed by atoms with Gasteiger partial charge in [0.2, 0.25) is 10.0 Å². The summed E-state index contributed by atoms with van der Waals surface area (Å²) in [6, 6.07) is 6.98. The lowest BCUT2D eigenvalue weighted by atomic mass is 10.3. The summed E-state index contributed by atoms with van der Waals surface area (Å²) in [7, 11) is -3.62. The zero-order chi connectivity index (χ0) is 19.7. The maximum absolute atomic E-state index is 13.1. The van der Waals surface area contributed by atoms with Gasteiger partial charge in [0.15, 0.2) is 0 Å². The summed E-state index contributed by atoms with van der Waals surface area (Å²) in [6.07, 6.45) is 0. The zero-order valence-corrected chi connectivity index (χ0v) is 17.3. The van der Waals surface area contributed by atoms with Crippen LogP contribution in [0.5, 0.6) is 0 Å². The molecule has 1 aliphatic rings. The number of benzene rings is 1. The third kappa shape index (κ3) is 3.52. The summed E-state index contributed by atoms with van der Waals surface area (Å²) < 4.78 is 36.1. The predicted octanol–water partition coefficient (Wildman–Crippen LogP) is 1.73. The predicted molar refractivity (Wildman–Crippen MR) is 109 cm³/mol. The number of nitrogens with one attached hydrogen (secondary N) is 1. The van der Waals surface area contributed by atoms with Gasteiger partial charge in [0, 0.05) is 38.8 Å². The lowest BCUT2D eigenvalue weighted by Crippen LogP contribution is -2.49. The molecular formula is C17H21N7O2S2. The van der Waals surface area contributed by atoms with Gasteiger partial charge in [-0.3, -0.25) is 0 Å². The van der Waals surface area contributed by atoms with Crippen molar-refractivity contribution in [2.75, 3.05) is 42.9 Å². The molecule has 11 heteroatoms. The van der Waals surface area contributed by atoms with Crippen molar-refractivity contribution in [3.8, 4) is 0 Å². The van der Waals surface area contributed by atoms with Crippen molar-refractivity contribution in [3.63, 3.8) is 0 Å². The SMILES string of the molecule is CCNc1cc(N2CCN(S(=O)(=O)c3cccc4nsnc34)CC2)nc(C)n1. The van der Waals surface area contributed by atoms with Crippen molar-refractivity contribution in [3.05, 3.63) is 30.1 Å². The number of fused-ring (bicyclic) bond motifs is 1. The summed E-state index contributed by atoms with van der Waals surface area (Å²) >= 11 is 1.02. The Morgan fingerprint density at radius 2 is 1.93 bits per heavy atom. The number of aromatic nitrogens is 4. The van der Waals surface area contributed by atoms with Gasteiger partial charge in [-0.25, -0.2) is 18.4 Å². The van der Waals surface area contributed by atoms with E-state index in [0.717, 1.165) is 29.9 Å². The molecule has 0 radical (unpaired) electrons. The summed E-state index contributed by atoms with van der Waals surface area (Å²) in [6.45, 7) is 6.54. The van der Waals surface area contributed by atoms with Crippen LogP contribution in [0.15, 0.2) is 29.2 Å². The number of aryl methyl sites for hydroxylation is 1. The van der Waals surface area contributed by atoms with E-state index in [9.17, 15) is 8.42 Å². The fraction of sp³-hybridized carbons (Fsp3) is 0.412. The molecule has 1 saturated heterocycles. The van der Waals surface area contributed by atoms with E-state index in [4.69, 9.17) is 0 Å². The van der Waals surface area contributed by atoms with E-state index in [1.165, 1.54) is 4.31 Å². The molecule has 1 N–H and O–H groups in total.